The van der Waals surface area contributed by atoms with E-state index in [-0.39, 0.29) is 18.1 Å². The maximum atomic E-state index is 13.9. The van der Waals surface area contributed by atoms with Gasteiger partial charge in [-0.05, 0) is 36.6 Å². The number of rotatable bonds is 3. The van der Waals surface area contributed by atoms with Crippen molar-refractivity contribution in [3.05, 3.63) is 59.3 Å². The van der Waals surface area contributed by atoms with Gasteiger partial charge in [-0.3, -0.25) is 9.89 Å². The van der Waals surface area contributed by atoms with Crippen LogP contribution in [0, 0.1) is 18.6 Å². The van der Waals surface area contributed by atoms with E-state index in [4.69, 9.17) is 0 Å². The molecular formula is C22H18F2N4O2S. The van der Waals surface area contributed by atoms with Crippen molar-refractivity contribution in [1.29, 1.82) is 0 Å². The van der Waals surface area contributed by atoms with Gasteiger partial charge in [0.2, 0.25) is 0 Å². The molecule has 0 aliphatic carbocycles. The van der Waals surface area contributed by atoms with Crippen molar-refractivity contribution < 1.29 is 18.7 Å². The number of likely N-dealkylation sites (tertiary alicyclic amines) is 1. The van der Waals surface area contributed by atoms with E-state index < -0.39 is 17.7 Å². The zero-order valence-corrected chi connectivity index (χ0v) is 17.3. The van der Waals surface area contributed by atoms with Crippen LogP contribution in [0.15, 0.2) is 36.4 Å². The second-order valence-electron chi connectivity index (χ2n) is 7.59. The van der Waals surface area contributed by atoms with Gasteiger partial charge in [-0.15, -0.1) is 11.3 Å². The van der Waals surface area contributed by atoms with E-state index in [0.717, 1.165) is 28.6 Å². The predicted molar refractivity (Wildman–Crippen MR) is 114 cm³/mol. The number of para-hydroxylation sites is 1. The number of H-pyrrole nitrogens is 1. The van der Waals surface area contributed by atoms with E-state index in [2.05, 4.69) is 15.2 Å². The molecule has 6 nitrogen and oxygen atoms in total. The molecule has 1 fully saturated rings. The van der Waals surface area contributed by atoms with Crippen LogP contribution in [0.3, 0.4) is 0 Å². The maximum absolute atomic E-state index is 13.9. The highest BCUT2D eigenvalue weighted by Crippen LogP contribution is 2.38. The zero-order valence-electron chi connectivity index (χ0n) is 16.5. The lowest BCUT2D eigenvalue weighted by Gasteiger charge is -2.14. The van der Waals surface area contributed by atoms with Crippen molar-refractivity contribution in [1.82, 2.24) is 20.1 Å². The first kappa shape index (κ1) is 19.8. The fourth-order valence-corrected chi connectivity index (χ4v) is 4.89. The number of carbonyl (C=O) groups is 1. The van der Waals surface area contributed by atoms with Crippen LogP contribution in [-0.2, 0) is 0 Å². The number of aliphatic hydroxyl groups excluding tert-OH is 1. The Labute approximate surface area is 180 Å². The Balaban J connectivity index is 1.66. The average Bonchev–Trinajstić information content (AvgIpc) is 3.47. The van der Waals surface area contributed by atoms with Gasteiger partial charge in [0.05, 0.1) is 16.5 Å². The molecule has 0 spiro atoms. The van der Waals surface area contributed by atoms with E-state index in [0.29, 0.717) is 34.1 Å². The molecular weight excluding hydrogens is 422 g/mol. The predicted octanol–water partition coefficient (Wildman–Crippen LogP) is 4.15. The zero-order chi connectivity index (χ0) is 21.7. The average molecular weight is 440 g/mol. The Morgan fingerprint density at radius 3 is 2.84 bits per heavy atom. The van der Waals surface area contributed by atoms with E-state index in [1.807, 2.05) is 25.1 Å². The van der Waals surface area contributed by atoms with E-state index in [9.17, 15) is 18.7 Å². The molecule has 4 aromatic rings. The highest BCUT2D eigenvalue weighted by molar-refractivity contribution is 7.18. The molecule has 2 aromatic carbocycles. The minimum absolute atomic E-state index is 0.149. The lowest BCUT2D eigenvalue weighted by Crippen LogP contribution is -2.30. The third kappa shape index (κ3) is 3.39. The lowest BCUT2D eigenvalue weighted by molar-refractivity contribution is 0.0761. The van der Waals surface area contributed by atoms with Crippen molar-refractivity contribution in [3.8, 4) is 21.1 Å². The maximum Gasteiger partial charge on any atom is 0.274 e. The molecule has 0 bridgehead atoms. The third-order valence-electron chi connectivity index (χ3n) is 5.46. The fraction of sp³-hybridized carbons (Fsp3) is 0.227. The first-order valence-corrected chi connectivity index (χ1v) is 10.6. The summed E-state index contributed by atoms with van der Waals surface area (Å²) in [7, 11) is 0. The number of amides is 1. The number of aromatic nitrogens is 3. The Hall–Kier alpha value is -3.17. The molecule has 31 heavy (non-hydrogen) atoms. The Morgan fingerprint density at radius 2 is 2.10 bits per heavy atom. The van der Waals surface area contributed by atoms with Crippen molar-refractivity contribution in [3.63, 3.8) is 0 Å². The van der Waals surface area contributed by atoms with Crippen LogP contribution in [-0.4, -0.2) is 50.3 Å². The molecule has 1 atom stereocenters. The molecule has 0 saturated carbocycles. The lowest BCUT2D eigenvalue weighted by atomic mass is 10.1. The normalized spacial score (nSPS) is 16.4. The van der Waals surface area contributed by atoms with Gasteiger partial charge >= 0.3 is 0 Å². The minimum atomic E-state index is -0.995. The minimum Gasteiger partial charge on any atom is -0.391 e. The summed E-state index contributed by atoms with van der Waals surface area (Å²) in [6.07, 6.45) is -0.0819. The number of nitrogens with zero attached hydrogens (tertiary/aromatic N) is 3. The van der Waals surface area contributed by atoms with Crippen molar-refractivity contribution in [2.24, 2.45) is 0 Å². The number of benzene rings is 2. The highest BCUT2D eigenvalue weighted by atomic mass is 32.1. The number of thiazole rings is 1. The van der Waals surface area contributed by atoms with Gasteiger partial charge in [0.15, 0.2) is 11.6 Å². The SMILES string of the molecule is Cc1cccc2c(-c3nc(C(=O)N4CC[C@@H](O)C4)c(-c4ccc(F)c(F)c4)s3)[nH]nc12. The Morgan fingerprint density at radius 1 is 1.26 bits per heavy atom. The summed E-state index contributed by atoms with van der Waals surface area (Å²) in [6, 6.07) is 9.32. The van der Waals surface area contributed by atoms with Crippen molar-refractivity contribution >= 4 is 28.1 Å². The largest absolute Gasteiger partial charge is 0.391 e. The summed E-state index contributed by atoms with van der Waals surface area (Å²) < 4.78 is 27.4. The van der Waals surface area contributed by atoms with Crippen molar-refractivity contribution in [2.75, 3.05) is 13.1 Å². The second-order valence-corrected chi connectivity index (χ2v) is 8.59. The molecule has 2 N–H and O–H groups in total. The van der Waals surface area contributed by atoms with Crippen LogP contribution >= 0.6 is 11.3 Å². The summed E-state index contributed by atoms with van der Waals surface area (Å²) in [5, 5.41) is 18.6. The number of aromatic amines is 1. The summed E-state index contributed by atoms with van der Waals surface area (Å²) >= 11 is 1.21. The first-order valence-electron chi connectivity index (χ1n) is 9.80. The van der Waals surface area contributed by atoms with Gasteiger partial charge in [-0.2, -0.15) is 5.10 Å². The van der Waals surface area contributed by atoms with Gasteiger partial charge < -0.3 is 10.0 Å². The van der Waals surface area contributed by atoms with Crippen LogP contribution in [0.1, 0.15) is 22.5 Å². The number of β-amino-alcohol motifs (C(OH)–C–C–N with tert-alkyl or cyclic N) is 1. The van der Waals surface area contributed by atoms with Gasteiger partial charge in [0.1, 0.15) is 16.4 Å². The van der Waals surface area contributed by atoms with Crippen LogP contribution in [0.25, 0.3) is 32.0 Å². The smallest absolute Gasteiger partial charge is 0.274 e. The fourth-order valence-electron chi connectivity index (χ4n) is 3.83. The second kappa shape index (κ2) is 7.51. The Bertz CT molecular complexity index is 1320. The first-order chi connectivity index (χ1) is 14.9. The summed E-state index contributed by atoms with van der Waals surface area (Å²) in [4.78, 5) is 19.8. The van der Waals surface area contributed by atoms with Crippen molar-refractivity contribution in [2.45, 2.75) is 19.4 Å². The topological polar surface area (TPSA) is 82.1 Å². The van der Waals surface area contributed by atoms with Gasteiger partial charge in [-0.25, -0.2) is 13.8 Å². The highest BCUT2D eigenvalue weighted by Gasteiger charge is 2.30. The number of nitrogens with one attached hydrogen (secondary N) is 1. The number of halogens is 2. The third-order valence-corrected chi connectivity index (χ3v) is 6.58. The summed E-state index contributed by atoms with van der Waals surface area (Å²) in [6.45, 7) is 2.58. The van der Waals surface area contributed by atoms with Gasteiger partial charge in [-0.1, -0.05) is 24.3 Å². The van der Waals surface area contributed by atoms with Crippen LogP contribution in [0.4, 0.5) is 8.78 Å². The molecule has 3 heterocycles. The van der Waals surface area contributed by atoms with Crippen LogP contribution < -0.4 is 0 Å². The summed E-state index contributed by atoms with van der Waals surface area (Å²) in [5.41, 5.74) is 2.98. The number of aliphatic hydroxyl groups is 1. The number of fused-ring (bicyclic) bond motifs is 1. The number of aryl methyl sites for hydroxylation is 1. The number of hydrogen-bond donors (Lipinski definition) is 2. The molecule has 9 heteroatoms. The standard InChI is InChI=1S/C22H18F2N4O2S/c1-11-3-2-4-14-17(11)26-27-18(14)21-25-19(22(30)28-8-7-13(29)10-28)20(31-21)12-5-6-15(23)16(24)9-12/h2-6,9,13,29H,7-8,10H2,1H3,(H,26,27)/t13-/m1/s1. The molecule has 5 rings (SSSR count). The van der Waals surface area contributed by atoms with Crippen LogP contribution in [0.5, 0.6) is 0 Å². The summed E-state index contributed by atoms with van der Waals surface area (Å²) in [5.74, 6) is -2.30. The van der Waals surface area contributed by atoms with E-state index >= 15 is 0 Å². The molecule has 0 unspecified atom stereocenters. The monoisotopic (exact) mass is 440 g/mol. The van der Waals surface area contributed by atoms with E-state index in [1.165, 1.54) is 22.3 Å². The number of hydrogen-bond acceptors (Lipinski definition) is 5. The molecule has 1 aliphatic rings. The quantitative estimate of drug-likeness (QED) is 0.502. The molecule has 158 valence electrons. The molecule has 0 radical (unpaired) electrons. The Kier molecular flexibility index (Phi) is 4.79. The molecule has 2 aromatic heterocycles. The molecule has 1 aliphatic heterocycles. The molecule has 1 amide bonds. The van der Waals surface area contributed by atoms with Crippen LogP contribution in [0.2, 0.25) is 0 Å². The van der Waals surface area contributed by atoms with Gasteiger partial charge in [0.25, 0.3) is 5.91 Å². The van der Waals surface area contributed by atoms with Gasteiger partial charge in [0, 0.05) is 18.5 Å². The number of carbonyl (C=O) groups excluding carboxylic acids is 1. The van der Waals surface area contributed by atoms with E-state index in [1.54, 1.807) is 0 Å². The molecule has 1 saturated heterocycles.